The highest BCUT2D eigenvalue weighted by Gasteiger charge is 2.13. The van der Waals surface area contributed by atoms with Gasteiger partial charge in [-0.3, -0.25) is 4.79 Å². The quantitative estimate of drug-likeness (QED) is 0.717. The predicted molar refractivity (Wildman–Crippen MR) is 85.2 cm³/mol. The van der Waals surface area contributed by atoms with E-state index in [0.29, 0.717) is 13.2 Å². The lowest BCUT2D eigenvalue weighted by Crippen LogP contribution is -2.29. The van der Waals surface area contributed by atoms with E-state index in [1.54, 1.807) is 0 Å². The molecule has 0 spiro atoms. The van der Waals surface area contributed by atoms with E-state index < -0.39 is 5.97 Å². The van der Waals surface area contributed by atoms with Crippen LogP contribution in [0.5, 0.6) is 5.75 Å². The van der Waals surface area contributed by atoms with Crippen molar-refractivity contribution in [2.24, 2.45) is 0 Å². The molecule has 118 valence electrons. The molecule has 0 bridgehead atoms. The first kappa shape index (κ1) is 17.3. The van der Waals surface area contributed by atoms with E-state index in [2.05, 4.69) is 9.80 Å². The van der Waals surface area contributed by atoms with Crippen molar-refractivity contribution >= 4 is 11.7 Å². The Morgan fingerprint density at radius 3 is 2.52 bits per heavy atom. The number of carboxylic acid groups (broad SMARTS) is 1. The van der Waals surface area contributed by atoms with Crippen LogP contribution in [0.2, 0.25) is 0 Å². The molecule has 1 N–H and O–H groups in total. The Hall–Kier alpha value is -1.75. The lowest BCUT2D eigenvalue weighted by Gasteiger charge is -2.27. The lowest BCUT2D eigenvalue weighted by atomic mass is 10.2. The van der Waals surface area contributed by atoms with Crippen molar-refractivity contribution in [2.45, 2.75) is 19.8 Å². The molecule has 21 heavy (non-hydrogen) atoms. The maximum Gasteiger partial charge on any atom is 0.305 e. The zero-order valence-corrected chi connectivity index (χ0v) is 13.2. The summed E-state index contributed by atoms with van der Waals surface area (Å²) in [6.07, 6.45) is 1.11. The third-order valence-corrected chi connectivity index (χ3v) is 3.13. The van der Waals surface area contributed by atoms with Crippen molar-refractivity contribution in [2.75, 3.05) is 45.2 Å². The molecule has 0 atom stereocenters. The van der Waals surface area contributed by atoms with Crippen LogP contribution in [-0.4, -0.2) is 56.3 Å². The zero-order chi connectivity index (χ0) is 15.7. The molecule has 0 saturated carbocycles. The summed E-state index contributed by atoms with van der Waals surface area (Å²) in [4.78, 5) is 15.1. The van der Waals surface area contributed by atoms with Gasteiger partial charge in [-0.1, -0.05) is 12.1 Å². The Labute approximate surface area is 127 Å². The molecule has 1 aromatic carbocycles. The van der Waals surface area contributed by atoms with Crippen molar-refractivity contribution in [3.63, 3.8) is 0 Å². The Bertz CT molecular complexity index is 435. The number of para-hydroxylation sites is 2. The summed E-state index contributed by atoms with van der Waals surface area (Å²) < 4.78 is 5.65. The van der Waals surface area contributed by atoms with Crippen molar-refractivity contribution in [3.8, 4) is 5.75 Å². The normalized spacial score (nSPS) is 10.7. The van der Waals surface area contributed by atoms with Crippen LogP contribution in [0, 0.1) is 0 Å². The Balaban J connectivity index is 2.80. The fraction of sp³-hybridized carbons (Fsp3) is 0.562. The number of hydrogen-bond acceptors (Lipinski definition) is 4. The number of carboxylic acids is 1. The van der Waals surface area contributed by atoms with Gasteiger partial charge in [0.25, 0.3) is 0 Å². The van der Waals surface area contributed by atoms with Gasteiger partial charge in [-0.25, -0.2) is 0 Å². The molecule has 0 unspecified atom stereocenters. The summed E-state index contributed by atoms with van der Waals surface area (Å²) in [6, 6.07) is 7.81. The Morgan fingerprint density at radius 1 is 1.19 bits per heavy atom. The van der Waals surface area contributed by atoms with Gasteiger partial charge >= 0.3 is 5.97 Å². The van der Waals surface area contributed by atoms with E-state index in [1.165, 1.54) is 0 Å². The fourth-order valence-electron chi connectivity index (χ4n) is 2.16. The Kier molecular flexibility index (Phi) is 7.61. The van der Waals surface area contributed by atoms with Crippen LogP contribution in [-0.2, 0) is 4.79 Å². The molecule has 1 rings (SSSR count). The van der Waals surface area contributed by atoms with Gasteiger partial charge in [0.1, 0.15) is 5.75 Å². The third kappa shape index (κ3) is 6.49. The van der Waals surface area contributed by atoms with Crippen LogP contribution in [0.25, 0.3) is 0 Å². The second-order valence-electron chi connectivity index (χ2n) is 5.19. The molecular formula is C16H26N2O3. The van der Waals surface area contributed by atoms with E-state index in [0.717, 1.165) is 30.9 Å². The zero-order valence-electron chi connectivity index (χ0n) is 13.2. The average Bonchev–Trinajstić information content (AvgIpc) is 2.43. The van der Waals surface area contributed by atoms with Crippen LogP contribution < -0.4 is 9.64 Å². The molecule has 0 heterocycles. The van der Waals surface area contributed by atoms with Gasteiger partial charge in [-0.05, 0) is 46.1 Å². The van der Waals surface area contributed by atoms with Gasteiger partial charge in [0.2, 0.25) is 0 Å². The minimum absolute atomic E-state index is 0.127. The van der Waals surface area contributed by atoms with Crippen LogP contribution in [0.3, 0.4) is 0 Å². The standard InChI is InChI=1S/C16H26N2O3/c1-4-21-15-9-6-5-8-14(15)18(13-10-16(19)20)12-7-11-17(2)3/h5-6,8-9H,4,7,10-13H2,1-3H3,(H,19,20). The first-order valence-electron chi connectivity index (χ1n) is 7.38. The number of anilines is 1. The van der Waals surface area contributed by atoms with E-state index in [9.17, 15) is 4.79 Å². The highest BCUT2D eigenvalue weighted by Crippen LogP contribution is 2.28. The van der Waals surface area contributed by atoms with Gasteiger partial charge < -0.3 is 19.6 Å². The van der Waals surface area contributed by atoms with Gasteiger partial charge in [0.15, 0.2) is 0 Å². The largest absolute Gasteiger partial charge is 0.492 e. The van der Waals surface area contributed by atoms with Crippen molar-refractivity contribution in [1.82, 2.24) is 4.90 Å². The minimum Gasteiger partial charge on any atom is -0.492 e. The van der Waals surface area contributed by atoms with E-state index >= 15 is 0 Å². The van der Waals surface area contributed by atoms with Gasteiger partial charge in [0, 0.05) is 13.1 Å². The second-order valence-corrected chi connectivity index (χ2v) is 5.19. The third-order valence-electron chi connectivity index (χ3n) is 3.13. The van der Waals surface area contributed by atoms with Crippen molar-refractivity contribution in [1.29, 1.82) is 0 Å². The number of benzene rings is 1. The smallest absolute Gasteiger partial charge is 0.305 e. The van der Waals surface area contributed by atoms with Gasteiger partial charge in [0.05, 0.1) is 18.7 Å². The van der Waals surface area contributed by atoms with Crippen LogP contribution in [0.15, 0.2) is 24.3 Å². The molecule has 0 aromatic heterocycles. The summed E-state index contributed by atoms with van der Waals surface area (Å²) >= 11 is 0. The Morgan fingerprint density at radius 2 is 1.90 bits per heavy atom. The van der Waals surface area contributed by atoms with E-state index in [4.69, 9.17) is 9.84 Å². The number of hydrogen-bond donors (Lipinski definition) is 1. The topological polar surface area (TPSA) is 53.0 Å². The highest BCUT2D eigenvalue weighted by molar-refractivity contribution is 5.68. The van der Waals surface area contributed by atoms with Crippen LogP contribution in [0.4, 0.5) is 5.69 Å². The van der Waals surface area contributed by atoms with E-state index in [-0.39, 0.29) is 6.42 Å². The molecule has 0 aliphatic heterocycles. The molecule has 0 aliphatic carbocycles. The summed E-state index contributed by atoms with van der Waals surface area (Å²) in [5, 5.41) is 8.93. The van der Waals surface area contributed by atoms with E-state index in [1.807, 2.05) is 45.3 Å². The lowest BCUT2D eigenvalue weighted by molar-refractivity contribution is -0.136. The number of carbonyl (C=O) groups is 1. The summed E-state index contributed by atoms with van der Waals surface area (Å²) in [5.74, 6) is 0.0387. The molecule has 0 saturated heterocycles. The predicted octanol–water partition coefficient (Wildman–Crippen LogP) is 2.32. The molecule has 0 aliphatic rings. The molecular weight excluding hydrogens is 268 g/mol. The molecule has 0 radical (unpaired) electrons. The second kappa shape index (κ2) is 9.23. The van der Waals surface area contributed by atoms with Gasteiger partial charge in [-0.15, -0.1) is 0 Å². The van der Waals surface area contributed by atoms with Crippen LogP contribution in [0.1, 0.15) is 19.8 Å². The maximum absolute atomic E-state index is 10.9. The molecule has 0 amide bonds. The number of ether oxygens (including phenoxy) is 1. The van der Waals surface area contributed by atoms with Crippen LogP contribution >= 0.6 is 0 Å². The maximum atomic E-state index is 10.9. The summed E-state index contributed by atoms with van der Waals surface area (Å²) in [6.45, 7) is 4.83. The highest BCUT2D eigenvalue weighted by atomic mass is 16.5. The molecule has 1 aromatic rings. The molecule has 5 heteroatoms. The molecule has 0 fully saturated rings. The van der Waals surface area contributed by atoms with Gasteiger partial charge in [-0.2, -0.15) is 0 Å². The summed E-state index contributed by atoms with van der Waals surface area (Å²) in [5.41, 5.74) is 0.972. The summed E-state index contributed by atoms with van der Waals surface area (Å²) in [7, 11) is 4.07. The first-order chi connectivity index (χ1) is 10.0. The molecule has 5 nitrogen and oxygen atoms in total. The first-order valence-corrected chi connectivity index (χ1v) is 7.38. The minimum atomic E-state index is -0.776. The monoisotopic (exact) mass is 294 g/mol. The fourth-order valence-corrected chi connectivity index (χ4v) is 2.16. The number of rotatable bonds is 10. The average molecular weight is 294 g/mol. The van der Waals surface area contributed by atoms with Crippen molar-refractivity contribution in [3.05, 3.63) is 24.3 Å². The number of aliphatic carboxylic acids is 1. The SMILES string of the molecule is CCOc1ccccc1N(CCCN(C)C)CCC(=O)O. The number of nitrogens with zero attached hydrogens (tertiary/aromatic N) is 2. The van der Waals surface area contributed by atoms with Crippen molar-refractivity contribution < 1.29 is 14.6 Å².